The molecule has 0 amide bonds. The lowest BCUT2D eigenvalue weighted by Crippen LogP contribution is -2.00. The van der Waals surface area contributed by atoms with Gasteiger partial charge in [0, 0.05) is 16.5 Å². The van der Waals surface area contributed by atoms with Crippen molar-refractivity contribution in [1.29, 1.82) is 0 Å². The lowest BCUT2D eigenvalue weighted by molar-refractivity contribution is 0.104. The van der Waals surface area contributed by atoms with Crippen LogP contribution in [0.25, 0.3) is 0 Å². The van der Waals surface area contributed by atoms with E-state index in [2.05, 4.69) is 0 Å². The first kappa shape index (κ1) is 11.5. The van der Waals surface area contributed by atoms with E-state index in [1.165, 1.54) is 21.8 Å². The predicted octanol–water partition coefficient (Wildman–Crippen LogP) is 3.75. The number of fused-ring (bicyclic) bond motifs is 1. The predicted molar refractivity (Wildman–Crippen MR) is 66.1 cm³/mol. The number of aryl methyl sites for hydroxylation is 2. The van der Waals surface area contributed by atoms with Gasteiger partial charge in [0.25, 0.3) is 0 Å². The monoisotopic (exact) mass is 264 g/mol. The minimum Gasteiger partial charge on any atom is -0.288 e. The van der Waals surface area contributed by atoms with Gasteiger partial charge in [-0.2, -0.15) is 0 Å². The number of hydrogen-bond acceptors (Lipinski definition) is 2. The maximum atomic E-state index is 13.1. The van der Waals surface area contributed by atoms with Crippen molar-refractivity contribution in [2.24, 2.45) is 0 Å². The van der Waals surface area contributed by atoms with Gasteiger partial charge >= 0.3 is 0 Å². The van der Waals surface area contributed by atoms with E-state index in [4.69, 9.17) is 0 Å². The molecule has 0 spiro atoms. The molecule has 92 valence electrons. The molecule has 1 nitrogen and oxygen atoms in total. The molecule has 4 heteroatoms. The van der Waals surface area contributed by atoms with Gasteiger partial charge in [0.15, 0.2) is 0 Å². The third-order valence-corrected chi connectivity index (χ3v) is 4.33. The molecule has 1 aromatic carbocycles. The maximum Gasteiger partial charge on any atom is 0.203 e. The van der Waals surface area contributed by atoms with Gasteiger partial charge in [0.05, 0.1) is 4.88 Å². The van der Waals surface area contributed by atoms with Crippen molar-refractivity contribution in [2.45, 2.75) is 19.3 Å². The second-order valence-electron chi connectivity index (χ2n) is 4.40. The van der Waals surface area contributed by atoms with Crippen molar-refractivity contribution in [3.63, 3.8) is 0 Å². The smallest absolute Gasteiger partial charge is 0.203 e. The summed E-state index contributed by atoms with van der Waals surface area (Å²) in [5.74, 6) is -1.74. The lowest BCUT2D eigenvalue weighted by atomic mass is 10.1. The number of ketones is 1. The highest BCUT2D eigenvalue weighted by atomic mass is 32.1. The average molecular weight is 264 g/mol. The number of benzene rings is 1. The number of carbonyl (C=O) groups is 1. The Balaban J connectivity index is 1.98. The Labute approximate surface area is 107 Å². The first-order valence-corrected chi connectivity index (χ1v) is 6.57. The second-order valence-corrected chi connectivity index (χ2v) is 5.54. The third kappa shape index (κ3) is 1.97. The Morgan fingerprint density at radius 2 is 1.78 bits per heavy atom. The van der Waals surface area contributed by atoms with Crippen molar-refractivity contribution in [2.75, 3.05) is 0 Å². The normalized spacial score (nSPS) is 13.7. The summed E-state index contributed by atoms with van der Waals surface area (Å²) >= 11 is 1.44. The van der Waals surface area contributed by atoms with E-state index in [9.17, 15) is 13.6 Å². The highest BCUT2D eigenvalue weighted by Crippen LogP contribution is 2.31. The molecule has 0 fully saturated rings. The van der Waals surface area contributed by atoms with Crippen molar-refractivity contribution >= 4 is 17.1 Å². The van der Waals surface area contributed by atoms with Gasteiger partial charge in [-0.15, -0.1) is 11.3 Å². The summed E-state index contributed by atoms with van der Waals surface area (Å²) in [6.07, 6.45) is 3.13. The molecule has 0 unspecified atom stereocenters. The van der Waals surface area contributed by atoms with E-state index >= 15 is 0 Å². The number of carbonyl (C=O) groups excluding carboxylic acids is 1. The fourth-order valence-corrected chi connectivity index (χ4v) is 3.48. The first-order valence-electron chi connectivity index (χ1n) is 5.76. The summed E-state index contributed by atoms with van der Waals surface area (Å²) in [6, 6.07) is 4.79. The maximum absolute atomic E-state index is 13.1. The average Bonchev–Trinajstić information content (AvgIpc) is 2.86. The first-order chi connectivity index (χ1) is 8.63. The molecule has 1 aromatic heterocycles. The van der Waals surface area contributed by atoms with Crippen molar-refractivity contribution in [1.82, 2.24) is 0 Å². The van der Waals surface area contributed by atoms with Crippen LogP contribution in [-0.2, 0) is 12.8 Å². The molecule has 0 radical (unpaired) electrons. The zero-order chi connectivity index (χ0) is 12.7. The molecule has 0 aliphatic heterocycles. The Kier molecular flexibility index (Phi) is 2.74. The van der Waals surface area contributed by atoms with Crippen LogP contribution in [0.5, 0.6) is 0 Å². The van der Waals surface area contributed by atoms with Crippen LogP contribution in [-0.4, -0.2) is 5.78 Å². The number of hydrogen-bond donors (Lipinski definition) is 0. The zero-order valence-corrected chi connectivity index (χ0v) is 10.3. The van der Waals surface area contributed by atoms with Crippen LogP contribution in [0.15, 0.2) is 24.3 Å². The van der Waals surface area contributed by atoms with Crippen molar-refractivity contribution < 1.29 is 13.6 Å². The SMILES string of the molecule is O=C(c1cc(F)cc(F)c1)c1cc2c(s1)CCC2. The molecule has 0 saturated carbocycles. The quantitative estimate of drug-likeness (QED) is 0.755. The van der Waals surface area contributed by atoms with E-state index in [0.717, 1.165) is 37.5 Å². The summed E-state index contributed by atoms with van der Waals surface area (Å²) in [5, 5.41) is 0. The van der Waals surface area contributed by atoms with E-state index in [1.54, 1.807) is 0 Å². The molecular weight excluding hydrogens is 254 g/mol. The molecule has 1 aliphatic carbocycles. The molecule has 3 rings (SSSR count). The molecule has 2 aromatic rings. The highest BCUT2D eigenvalue weighted by Gasteiger charge is 2.20. The standard InChI is InChI=1S/C14H10F2OS/c15-10-4-9(5-11(16)7-10)14(17)13-6-8-2-1-3-12(8)18-13/h4-7H,1-3H2. The van der Waals surface area contributed by atoms with Gasteiger partial charge in [-0.05, 0) is 43.0 Å². The fraction of sp³-hybridized carbons (Fsp3) is 0.214. The summed E-state index contributed by atoms with van der Waals surface area (Å²) in [5.41, 5.74) is 1.28. The third-order valence-electron chi connectivity index (χ3n) is 3.10. The van der Waals surface area contributed by atoms with Crippen LogP contribution in [0.2, 0.25) is 0 Å². The highest BCUT2D eigenvalue weighted by molar-refractivity contribution is 7.14. The topological polar surface area (TPSA) is 17.1 Å². The number of thiophene rings is 1. The van der Waals surface area contributed by atoms with Gasteiger partial charge in [-0.3, -0.25) is 4.79 Å². The van der Waals surface area contributed by atoms with Crippen molar-refractivity contribution in [3.8, 4) is 0 Å². The van der Waals surface area contributed by atoms with Gasteiger partial charge in [0.1, 0.15) is 11.6 Å². The van der Waals surface area contributed by atoms with Gasteiger partial charge in [-0.25, -0.2) is 8.78 Å². The molecule has 0 N–H and O–H groups in total. The van der Waals surface area contributed by atoms with Gasteiger partial charge in [0.2, 0.25) is 5.78 Å². The van der Waals surface area contributed by atoms with E-state index in [0.29, 0.717) is 4.88 Å². The van der Waals surface area contributed by atoms with Crippen LogP contribution in [0, 0.1) is 11.6 Å². The van der Waals surface area contributed by atoms with E-state index in [-0.39, 0.29) is 11.3 Å². The Morgan fingerprint density at radius 3 is 2.44 bits per heavy atom. The molecule has 1 aliphatic rings. The molecule has 0 saturated heterocycles. The molecule has 0 bridgehead atoms. The number of halogens is 2. The van der Waals surface area contributed by atoms with Crippen LogP contribution >= 0.6 is 11.3 Å². The lowest BCUT2D eigenvalue weighted by Gasteiger charge is -1.99. The Morgan fingerprint density at radius 1 is 1.06 bits per heavy atom. The molecule has 0 atom stereocenters. The minimum atomic E-state index is -0.720. The van der Waals surface area contributed by atoms with Gasteiger partial charge < -0.3 is 0 Å². The van der Waals surface area contributed by atoms with Crippen LogP contribution in [0.4, 0.5) is 8.78 Å². The van der Waals surface area contributed by atoms with Gasteiger partial charge in [-0.1, -0.05) is 0 Å². The molecule has 18 heavy (non-hydrogen) atoms. The Bertz CT molecular complexity index is 589. The van der Waals surface area contributed by atoms with E-state index in [1.807, 2.05) is 6.07 Å². The summed E-state index contributed by atoms with van der Waals surface area (Å²) in [7, 11) is 0. The minimum absolute atomic E-state index is 0.0763. The summed E-state index contributed by atoms with van der Waals surface area (Å²) in [6.45, 7) is 0. The Hall–Kier alpha value is -1.55. The van der Waals surface area contributed by atoms with Crippen molar-refractivity contribution in [3.05, 3.63) is 56.8 Å². The van der Waals surface area contributed by atoms with E-state index < -0.39 is 11.6 Å². The molecule has 1 heterocycles. The zero-order valence-electron chi connectivity index (χ0n) is 9.50. The van der Waals surface area contributed by atoms with Crippen LogP contribution in [0.1, 0.15) is 32.1 Å². The number of rotatable bonds is 2. The fourth-order valence-electron chi connectivity index (χ4n) is 2.27. The second kappa shape index (κ2) is 4.28. The molecular formula is C14H10F2OS. The van der Waals surface area contributed by atoms with Crippen LogP contribution < -0.4 is 0 Å². The summed E-state index contributed by atoms with van der Waals surface area (Å²) in [4.78, 5) is 13.9. The van der Waals surface area contributed by atoms with Crippen LogP contribution in [0.3, 0.4) is 0 Å². The summed E-state index contributed by atoms with van der Waals surface area (Å²) < 4.78 is 26.2. The largest absolute Gasteiger partial charge is 0.288 e.